The second-order valence-corrected chi connectivity index (χ2v) is 8.80. The number of anilines is 1. The number of fused-ring (bicyclic) bond motifs is 1. The molecule has 0 aromatic carbocycles. The number of nitrogens with zero attached hydrogens (tertiary/aromatic N) is 5. The molecule has 192 valence electrons. The second kappa shape index (κ2) is 9.66. The van der Waals surface area contributed by atoms with Gasteiger partial charge in [-0.05, 0) is 30.6 Å². The standard InChI is InChI=1S/C23H23ClF4N6O2/c1-3-12-9-14(29)20(18(25)17(12)24)34-15(23(26,27)28)10-13-19(22(34)36)30-11-31-21(13)33-7-5-32(6-8-33)16(35)4-2/h4,10-11,14H,2-3,5-9,29H2,1H3. The van der Waals surface area contributed by atoms with E-state index in [1.807, 2.05) is 0 Å². The Bertz CT molecular complexity index is 1360. The smallest absolute Gasteiger partial charge is 0.352 e. The van der Waals surface area contributed by atoms with E-state index in [1.165, 1.54) is 6.08 Å². The predicted molar refractivity (Wildman–Crippen MR) is 128 cm³/mol. The minimum atomic E-state index is -5.04. The fourth-order valence-corrected chi connectivity index (χ4v) is 4.83. The van der Waals surface area contributed by atoms with Gasteiger partial charge in [0.05, 0.1) is 22.2 Å². The average molecular weight is 527 g/mol. The van der Waals surface area contributed by atoms with Crippen LogP contribution in [0.3, 0.4) is 0 Å². The molecule has 1 fully saturated rings. The van der Waals surface area contributed by atoms with Gasteiger partial charge in [-0.2, -0.15) is 13.2 Å². The molecule has 2 aromatic rings. The Labute approximate surface area is 208 Å². The van der Waals surface area contributed by atoms with Gasteiger partial charge in [-0.15, -0.1) is 0 Å². The molecule has 0 radical (unpaired) electrons. The van der Waals surface area contributed by atoms with E-state index in [1.54, 1.807) is 16.7 Å². The van der Waals surface area contributed by atoms with E-state index in [-0.39, 0.29) is 64.8 Å². The lowest BCUT2D eigenvalue weighted by molar-refractivity contribution is -0.142. The highest BCUT2D eigenvalue weighted by atomic mass is 35.5. The van der Waals surface area contributed by atoms with Gasteiger partial charge in [-0.3, -0.25) is 14.2 Å². The van der Waals surface area contributed by atoms with Gasteiger partial charge in [0.2, 0.25) is 5.91 Å². The van der Waals surface area contributed by atoms with E-state index >= 15 is 4.39 Å². The Kier molecular flexibility index (Phi) is 6.93. The van der Waals surface area contributed by atoms with Crippen molar-refractivity contribution < 1.29 is 22.4 Å². The Hall–Kier alpha value is -3.25. The summed E-state index contributed by atoms with van der Waals surface area (Å²) < 4.78 is 58.3. The van der Waals surface area contributed by atoms with Gasteiger partial charge in [-0.25, -0.2) is 14.4 Å². The number of halogens is 5. The molecular formula is C23H23ClF4N6O2. The molecule has 1 aliphatic carbocycles. The van der Waals surface area contributed by atoms with Crippen LogP contribution in [0.25, 0.3) is 16.6 Å². The van der Waals surface area contributed by atoms with Crippen molar-refractivity contribution >= 4 is 39.9 Å². The Morgan fingerprint density at radius 3 is 2.53 bits per heavy atom. The summed E-state index contributed by atoms with van der Waals surface area (Å²) in [5.74, 6) is -1.33. The van der Waals surface area contributed by atoms with Crippen LogP contribution >= 0.6 is 11.6 Å². The predicted octanol–water partition coefficient (Wildman–Crippen LogP) is 3.42. The summed E-state index contributed by atoms with van der Waals surface area (Å²) in [6.45, 7) is 6.28. The zero-order valence-electron chi connectivity index (χ0n) is 19.3. The van der Waals surface area contributed by atoms with Crippen molar-refractivity contribution in [2.24, 2.45) is 5.73 Å². The lowest BCUT2D eigenvalue weighted by atomic mass is 9.95. The highest BCUT2D eigenvalue weighted by Crippen LogP contribution is 2.40. The van der Waals surface area contributed by atoms with Gasteiger partial charge >= 0.3 is 6.18 Å². The minimum Gasteiger partial charge on any atom is -0.352 e. The van der Waals surface area contributed by atoms with Crippen LogP contribution in [0.15, 0.2) is 46.3 Å². The average Bonchev–Trinajstić information content (AvgIpc) is 2.86. The van der Waals surface area contributed by atoms with Crippen molar-refractivity contribution in [1.29, 1.82) is 0 Å². The molecule has 1 saturated heterocycles. The zero-order chi connectivity index (χ0) is 26.4. The number of alkyl halides is 3. The van der Waals surface area contributed by atoms with Crippen LogP contribution in [0.4, 0.5) is 23.4 Å². The largest absolute Gasteiger partial charge is 0.431 e. The van der Waals surface area contributed by atoms with Crippen LogP contribution < -0.4 is 16.2 Å². The molecule has 36 heavy (non-hydrogen) atoms. The maximum absolute atomic E-state index is 15.3. The number of carbonyl (C=O) groups is 1. The number of piperazine rings is 1. The van der Waals surface area contributed by atoms with Crippen molar-refractivity contribution in [3.05, 3.63) is 57.5 Å². The SMILES string of the molecule is C=CC(=O)N1CCN(c2ncnc3c(=O)n(C4=C(F)C(Cl)=C(CC)CC4N)c(C(F)(F)F)cc23)CC1. The third kappa shape index (κ3) is 4.39. The van der Waals surface area contributed by atoms with Gasteiger partial charge in [0.1, 0.15) is 23.4 Å². The summed E-state index contributed by atoms with van der Waals surface area (Å²) in [5, 5.41) is -0.486. The number of pyridine rings is 1. The quantitative estimate of drug-likeness (QED) is 0.484. The summed E-state index contributed by atoms with van der Waals surface area (Å²) in [5.41, 5.74) is 2.92. The summed E-state index contributed by atoms with van der Waals surface area (Å²) in [7, 11) is 0. The molecule has 3 heterocycles. The second-order valence-electron chi connectivity index (χ2n) is 8.42. The third-order valence-electron chi connectivity index (χ3n) is 6.36. The molecule has 2 N–H and O–H groups in total. The van der Waals surface area contributed by atoms with Crippen molar-refractivity contribution in [2.75, 3.05) is 31.1 Å². The molecule has 1 amide bonds. The van der Waals surface area contributed by atoms with Crippen LogP contribution in [0, 0.1) is 0 Å². The van der Waals surface area contributed by atoms with E-state index < -0.39 is 35.0 Å². The van der Waals surface area contributed by atoms with E-state index in [0.29, 0.717) is 12.0 Å². The van der Waals surface area contributed by atoms with Gasteiger partial charge in [0, 0.05) is 26.2 Å². The van der Waals surface area contributed by atoms with Gasteiger partial charge < -0.3 is 15.5 Å². The number of hydrogen-bond donors (Lipinski definition) is 1. The molecule has 1 aliphatic heterocycles. The first-order chi connectivity index (χ1) is 17.0. The van der Waals surface area contributed by atoms with E-state index in [2.05, 4.69) is 16.5 Å². The summed E-state index contributed by atoms with van der Waals surface area (Å²) in [4.78, 5) is 36.6. The van der Waals surface area contributed by atoms with Crippen LogP contribution in [0.5, 0.6) is 0 Å². The Morgan fingerprint density at radius 2 is 1.94 bits per heavy atom. The maximum Gasteiger partial charge on any atom is 0.431 e. The third-order valence-corrected chi connectivity index (χ3v) is 6.79. The van der Waals surface area contributed by atoms with Crippen molar-refractivity contribution in [1.82, 2.24) is 19.4 Å². The normalized spacial score (nSPS) is 19.4. The number of carbonyl (C=O) groups excluding carboxylic acids is 1. The molecule has 2 aliphatic rings. The van der Waals surface area contributed by atoms with E-state index in [9.17, 15) is 22.8 Å². The summed E-state index contributed by atoms with van der Waals surface area (Å²) in [6.07, 6.45) is -2.44. The molecule has 0 saturated carbocycles. The minimum absolute atomic E-state index is 0.00257. The molecule has 8 nitrogen and oxygen atoms in total. The fraction of sp³-hybridized carbons (Fsp3) is 0.391. The highest BCUT2D eigenvalue weighted by molar-refractivity contribution is 6.32. The monoisotopic (exact) mass is 526 g/mol. The maximum atomic E-state index is 15.3. The molecular weight excluding hydrogens is 504 g/mol. The molecule has 1 atom stereocenters. The first-order valence-corrected chi connectivity index (χ1v) is 11.5. The van der Waals surface area contributed by atoms with Crippen molar-refractivity contribution in [2.45, 2.75) is 32.0 Å². The van der Waals surface area contributed by atoms with Crippen molar-refractivity contribution in [3.8, 4) is 0 Å². The van der Waals surface area contributed by atoms with Gasteiger partial charge in [0.15, 0.2) is 5.83 Å². The van der Waals surface area contributed by atoms with Gasteiger partial charge in [0.25, 0.3) is 5.56 Å². The van der Waals surface area contributed by atoms with Crippen molar-refractivity contribution in [3.63, 3.8) is 0 Å². The number of hydrogen-bond acceptors (Lipinski definition) is 6. The zero-order valence-corrected chi connectivity index (χ0v) is 20.0. The number of nitrogens with two attached hydrogens (primary N) is 1. The topological polar surface area (TPSA) is 97.4 Å². The fourth-order valence-electron chi connectivity index (χ4n) is 4.52. The summed E-state index contributed by atoms with van der Waals surface area (Å²) >= 11 is 6.08. The van der Waals surface area contributed by atoms with E-state index in [4.69, 9.17) is 17.3 Å². The number of aromatic nitrogens is 3. The highest BCUT2D eigenvalue weighted by Gasteiger charge is 2.40. The summed E-state index contributed by atoms with van der Waals surface area (Å²) in [6, 6.07) is -0.497. The van der Waals surface area contributed by atoms with Crippen LogP contribution in [0.2, 0.25) is 0 Å². The molecule has 4 rings (SSSR count). The Morgan fingerprint density at radius 1 is 1.28 bits per heavy atom. The van der Waals surface area contributed by atoms with Gasteiger partial charge in [-0.1, -0.05) is 25.1 Å². The number of allylic oxidation sites excluding steroid dienone is 2. The molecule has 0 spiro atoms. The number of rotatable bonds is 4. The first-order valence-electron chi connectivity index (χ1n) is 11.2. The molecule has 1 unspecified atom stereocenters. The lowest BCUT2D eigenvalue weighted by Crippen LogP contribution is -2.48. The van der Waals surface area contributed by atoms with Crippen LogP contribution in [0.1, 0.15) is 25.5 Å². The first kappa shape index (κ1) is 25.8. The lowest BCUT2D eigenvalue weighted by Gasteiger charge is -2.35. The van der Waals surface area contributed by atoms with Crippen LogP contribution in [-0.4, -0.2) is 57.6 Å². The molecule has 2 aromatic heterocycles. The van der Waals surface area contributed by atoms with Crippen LogP contribution in [-0.2, 0) is 11.0 Å². The molecule has 13 heteroatoms. The number of amides is 1. The van der Waals surface area contributed by atoms with E-state index in [0.717, 1.165) is 12.4 Å². The Balaban J connectivity index is 1.91. The molecule has 0 bridgehead atoms.